The lowest BCUT2D eigenvalue weighted by atomic mass is 10.1. The van der Waals surface area contributed by atoms with Gasteiger partial charge in [0.05, 0.1) is 0 Å². The van der Waals surface area contributed by atoms with Crippen LogP contribution in [-0.2, 0) is 6.54 Å². The first kappa shape index (κ1) is 13.3. The van der Waals surface area contributed by atoms with E-state index in [1.54, 1.807) is 12.1 Å². The fourth-order valence-corrected chi connectivity index (χ4v) is 1.94. The van der Waals surface area contributed by atoms with Crippen LogP contribution in [0.15, 0.2) is 18.2 Å². The standard InChI is InChI=1S/C13H20ClNO/c1-4-15(8-10(2)3)9-11-7-12(14)5-6-13(11)16/h5-7,10,16H,4,8-9H2,1-3H3. The number of phenols is 1. The van der Waals surface area contributed by atoms with E-state index in [2.05, 4.69) is 25.7 Å². The van der Waals surface area contributed by atoms with E-state index in [-0.39, 0.29) is 0 Å². The van der Waals surface area contributed by atoms with Crippen molar-refractivity contribution in [1.29, 1.82) is 0 Å². The SMILES string of the molecule is CCN(Cc1cc(Cl)ccc1O)CC(C)C. The first-order chi connectivity index (χ1) is 7.52. The summed E-state index contributed by atoms with van der Waals surface area (Å²) in [4.78, 5) is 2.30. The summed E-state index contributed by atoms with van der Waals surface area (Å²) in [6.07, 6.45) is 0. The predicted molar refractivity (Wildman–Crippen MR) is 68.9 cm³/mol. The minimum absolute atomic E-state index is 0.326. The van der Waals surface area contributed by atoms with Gasteiger partial charge in [0.25, 0.3) is 0 Å². The normalized spacial score (nSPS) is 11.4. The van der Waals surface area contributed by atoms with Gasteiger partial charge in [-0.05, 0) is 30.7 Å². The van der Waals surface area contributed by atoms with Crippen LogP contribution in [0.1, 0.15) is 26.3 Å². The summed E-state index contributed by atoms with van der Waals surface area (Å²) in [6, 6.07) is 5.19. The highest BCUT2D eigenvalue weighted by Gasteiger charge is 2.09. The Balaban J connectivity index is 2.73. The number of hydrogen-bond donors (Lipinski definition) is 1. The fourth-order valence-electron chi connectivity index (χ4n) is 1.74. The molecule has 0 heterocycles. The van der Waals surface area contributed by atoms with Crippen molar-refractivity contribution in [3.05, 3.63) is 28.8 Å². The molecule has 1 rings (SSSR count). The van der Waals surface area contributed by atoms with E-state index < -0.39 is 0 Å². The summed E-state index contributed by atoms with van der Waals surface area (Å²) in [5.74, 6) is 0.952. The van der Waals surface area contributed by atoms with Crippen LogP contribution in [0, 0.1) is 5.92 Å². The van der Waals surface area contributed by atoms with Gasteiger partial charge in [0, 0.05) is 23.7 Å². The third-order valence-electron chi connectivity index (χ3n) is 2.51. The molecule has 3 heteroatoms. The van der Waals surface area contributed by atoms with Gasteiger partial charge in [0.2, 0.25) is 0 Å². The molecule has 0 unspecified atom stereocenters. The van der Waals surface area contributed by atoms with Gasteiger partial charge in [-0.3, -0.25) is 4.90 Å². The lowest BCUT2D eigenvalue weighted by Crippen LogP contribution is -2.27. The summed E-state index contributed by atoms with van der Waals surface area (Å²) in [5, 5.41) is 10.4. The highest BCUT2D eigenvalue weighted by Crippen LogP contribution is 2.23. The largest absolute Gasteiger partial charge is 0.508 e. The molecule has 0 amide bonds. The average Bonchev–Trinajstić information content (AvgIpc) is 2.21. The van der Waals surface area contributed by atoms with Gasteiger partial charge in [0.1, 0.15) is 5.75 Å². The maximum Gasteiger partial charge on any atom is 0.120 e. The zero-order chi connectivity index (χ0) is 12.1. The summed E-state index contributed by atoms with van der Waals surface area (Å²) in [5.41, 5.74) is 0.898. The lowest BCUT2D eigenvalue weighted by Gasteiger charge is -2.23. The molecule has 1 aromatic carbocycles. The Kier molecular flexibility index (Phi) is 5.10. The fraction of sp³-hybridized carbons (Fsp3) is 0.538. The molecular formula is C13H20ClNO. The monoisotopic (exact) mass is 241 g/mol. The number of phenolic OH excluding ortho intramolecular Hbond substituents is 1. The zero-order valence-corrected chi connectivity index (χ0v) is 11.0. The minimum atomic E-state index is 0.326. The van der Waals surface area contributed by atoms with Crippen LogP contribution in [-0.4, -0.2) is 23.1 Å². The topological polar surface area (TPSA) is 23.5 Å². The molecule has 0 atom stereocenters. The van der Waals surface area contributed by atoms with Gasteiger partial charge >= 0.3 is 0 Å². The maximum atomic E-state index is 9.73. The van der Waals surface area contributed by atoms with Gasteiger partial charge in [-0.1, -0.05) is 32.4 Å². The van der Waals surface area contributed by atoms with Gasteiger partial charge in [-0.25, -0.2) is 0 Å². The van der Waals surface area contributed by atoms with Crippen molar-refractivity contribution < 1.29 is 5.11 Å². The first-order valence-corrected chi connectivity index (χ1v) is 6.10. The number of halogens is 1. The minimum Gasteiger partial charge on any atom is -0.508 e. The van der Waals surface area contributed by atoms with Crippen molar-refractivity contribution in [2.24, 2.45) is 5.92 Å². The first-order valence-electron chi connectivity index (χ1n) is 5.72. The molecule has 0 aliphatic rings. The highest BCUT2D eigenvalue weighted by atomic mass is 35.5. The van der Waals surface area contributed by atoms with E-state index in [1.165, 1.54) is 0 Å². The smallest absolute Gasteiger partial charge is 0.120 e. The Morgan fingerprint density at radius 3 is 2.62 bits per heavy atom. The molecule has 0 radical (unpaired) electrons. The number of hydrogen-bond acceptors (Lipinski definition) is 2. The van der Waals surface area contributed by atoms with Gasteiger partial charge in [0.15, 0.2) is 0 Å². The Bertz CT molecular complexity index is 339. The molecule has 0 spiro atoms. The summed E-state index contributed by atoms with van der Waals surface area (Å²) >= 11 is 5.92. The van der Waals surface area contributed by atoms with E-state index in [9.17, 15) is 5.11 Å². The molecule has 1 aromatic rings. The van der Waals surface area contributed by atoms with Gasteiger partial charge in [-0.15, -0.1) is 0 Å². The van der Waals surface area contributed by atoms with Crippen molar-refractivity contribution in [2.75, 3.05) is 13.1 Å². The molecule has 2 nitrogen and oxygen atoms in total. The second-order valence-corrected chi connectivity index (χ2v) is 4.93. The molecule has 1 N–H and O–H groups in total. The third kappa shape index (κ3) is 4.03. The molecule has 16 heavy (non-hydrogen) atoms. The second-order valence-electron chi connectivity index (χ2n) is 4.49. The molecule has 90 valence electrons. The molecule has 0 aromatic heterocycles. The highest BCUT2D eigenvalue weighted by molar-refractivity contribution is 6.30. The molecule has 0 aliphatic heterocycles. The van der Waals surface area contributed by atoms with Crippen LogP contribution in [0.25, 0.3) is 0 Å². The van der Waals surface area contributed by atoms with Gasteiger partial charge < -0.3 is 5.11 Å². The summed E-state index contributed by atoms with van der Waals surface area (Å²) < 4.78 is 0. The van der Waals surface area contributed by atoms with Crippen molar-refractivity contribution in [1.82, 2.24) is 4.90 Å². The number of aromatic hydroxyl groups is 1. The molecule has 0 fully saturated rings. The van der Waals surface area contributed by atoms with Crippen LogP contribution in [0.2, 0.25) is 5.02 Å². The Hall–Kier alpha value is -0.730. The third-order valence-corrected chi connectivity index (χ3v) is 2.74. The lowest BCUT2D eigenvalue weighted by molar-refractivity contribution is 0.245. The Morgan fingerprint density at radius 2 is 2.06 bits per heavy atom. The van der Waals surface area contributed by atoms with Crippen molar-refractivity contribution in [2.45, 2.75) is 27.3 Å². The van der Waals surface area contributed by atoms with Crippen LogP contribution in [0.3, 0.4) is 0 Å². The van der Waals surface area contributed by atoms with E-state index in [1.807, 2.05) is 6.07 Å². The predicted octanol–water partition coefficient (Wildman–Crippen LogP) is 3.52. The molecule has 0 saturated heterocycles. The second kappa shape index (κ2) is 6.12. The van der Waals surface area contributed by atoms with Crippen LogP contribution in [0.5, 0.6) is 5.75 Å². The van der Waals surface area contributed by atoms with E-state index >= 15 is 0 Å². The number of benzene rings is 1. The molecule has 0 saturated carbocycles. The number of rotatable bonds is 5. The molecular weight excluding hydrogens is 222 g/mol. The van der Waals surface area contributed by atoms with E-state index in [4.69, 9.17) is 11.6 Å². The van der Waals surface area contributed by atoms with Gasteiger partial charge in [-0.2, -0.15) is 0 Å². The molecule has 0 bridgehead atoms. The maximum absolute atomic E-state index is 9.73. The van der Waals surface area contributed by atoms with E-state index in [0.717, 1.165) is 25.2 Å². The van der Waals surface area contributed by atoms with Crippen LogP contribution >= 0.6 is 11.6 Å². The Labute approximate surface area is 103 Å². The van der Waals surface area contributed by atoms with Crippen molar-refractivity contribution >= 4 is 11.6 Å². The van der Waals surface area contributed by atoms with E-state index in [0.29, 0.717) is 16.7 Å². The summed E-state index contributed by atoms with van der Waals surface area (Å²) in [7, 11) is 0. The Morgan fingerprint density at radius 1 is 1.38 bits per heavy atom. The zero-order valence-electron chi connectivity index (χ0n) is 10.2. The molecule has 0 aliphatic carbocycles. The average molecular weight is 242 g/mol. The number of nitrogens with zero attached hydrogens (tertiary/aromatic N) is 1. The quantitative estimate of drug-likeness (QED) is 0.853. The summed E-state index contributed by atoms with van der Waals surface area (Å²) in [6.45, 7) is 9.28. The van der Waals surface area contributed by atoms with Crippen molar-refractivity contribution in [3.63, 3.8) is 0 Å². The van der Waals surface area contributed by atoms with Crippen molar-refractivity contribution in [3.8, 4) is 5.75 Å². The van der Waals surface area contributed by atoms with Crippen LogP contribution in [0.4, 0.5) is 0 Å². The van der Waals surface area contributed by atoms with Crippen LogP contribution < -0.4 is 0 Å².